The lowest BCUT2D eigenvalue weighted by molar-refractivity contribution is -0.104. The highest BCUT2D eigenvalue weighted by atomic mass is 16.5. The van der Waals surface area contributed by atoms with Crippen LogP contribution in [0.5, 0.6) is 11.5 Å². The zero-order valence-corrected chi connectivity index (χ0v) is 23.9. The summed E-state index contributed by atoms with van der Waals surface area (Å²) in [7, 11) is 7.19. The zero-order chi connectivity index (χ0) is 29.4. The third kappa shape index (κ3) is 4.29. The van der Waals surface area contributed by atoms with Gasteiger partial charge in [0.2, 0.25) is 0 Å². The number of aromatic nitrogens is 1. The number of aldehydes is 1. The third-order valence-corrected chi connectivity index (χ3v) is 7.91. The summed E-state index contributed by atoms with van der Waals surface area (Å²) in [4.78, 5) is 28.1. The van der Waals surface area contributed by atoms with Crippen molar-refractivity contribution in [3.63, 3.8) is 0 Å². The van der Waals surface area contributed by atoms with Crippen molar-refractivity contribution in [2.45, 2.75) is 0 Å². The number of aryl methyl sites for hydroxylation is 1. The normalized spacial score (nSPS) is 15.0. The van der Waals surface area contributed by atoms with Crippen molar-refractivity contribution < 1.29 is 14.3 Å². The second-order valence-corrected chi connectivity index (χ2v) is 10.1. The Labute approximate surface area is 243 Å². The standard InChI is InChI=1S/C36H30N2O4/c1-37-24(19-20-39)22-30-31(21-23-11-9-14-27(34(23)37)25-12-5-7-17-32(25)41-3)38(2)35-28(15-10-16-29(35)36(30)40)26-13-6-8-18-33(26)42-4/h5-22H,1-4H3/b24-19-,30-22+,31-21+. The van der Waals surface area contributed by atoms with Crippen molar-refractivity contribution in [2.24, 2.45) is 7.05 Å². The van der Waals surface area contributed by atoms with Crippen LogP contribution in [0.2, 0.25) is 0 Å². The van der Waals surface area contributed by atoms with E-state index in [-0.39, 0.29) is 5.43 Å². The van der Waals surface area contributed by atoms with E-state index in [1.807, 2.05) is 110 Å². The van der Waals surface area contributed by atoms with Gasteiger partial charge in [-0.15, -0.1) is 0 Å². The Hall–Kier alpha value is -5.36. The van der Waals surface area contributed by atoms with Gasteiger partial charge in [0.1, 0.15) is 17.8 Å². The van der Waals surface area contributed by atoms with Crippen LogP contribution in [0.25, 0.3) is 45.3 Å². The van der Waals surface area contributed by atoms with Crippen molar-refractivity contribution in [3.05, 3.63) is 123 Å². The van der Waals surface area contributed by atoms with Gasteiger partial charge in [-0.1, -0.05) is 66.7 Å². The van der Waals surface area contributed by atoms with Crippen molar-refractivity contribution in [1.29, 1.82) is 0 Å². The maximum Gasteiger partial charge on any atom is 0.197 e. The number of rotatable bonds is 5. The number of para-hydroxylation sites is 4. The molecule has 42 heavy (non-hydrogen) atoms. The number of carbonyl (C=O) groups excluding carboxylic acids is 1. The molecular formula is C36H30N2O4. The van der Waals surface area contributed by atoms with E-state index in [0.717, 1.165) is 62.2 Å². The predicted octanol–water partition coefficient (Wildman–Crippen LogP) is 5.03. The minimum absolute atomic E-state index is 0.111. The molecule has 0 spiro atoms. The summed E-state index contributed by atoms with van der Waals surface area (Å²) in [5, 5.41) is 1.83. The van der Waals surface area contributed by atoms with Crippen LogP contribution in [0.3, 0.4) is 0 Å². The van der Waals surface area contributed by atoms with Gasteiger partial charge in [0.05, 0.1) is 30.8 Å². The first-order chi connectivity index (χ1) is 20.5. The Morgan fingerprint density at radius 3 is 1.95 bits per heavy atom. The van der Waals surface area contributed by atoms with E-state index >= 15 is 0 Å². The van der Waals surface area contributed by atoms with Gasteiger partial charge in [0.15, 0.2) is 5.43 Å². The first kappa shape index (κ1) is 26.8. The van der Waals surface area contributed by atoms with Crippen molar-refractivity contribution in [1.82, 2.24) is 4.57 Å². The van der Waals surface area contributed by atoms with Gasteiger partial charge in [0, 0.05) is 64.3 Å². The van der Waals surface area contributed by atoms with Crippen LogP contribution < -0.4 is 30.4 Å². The average Bonchev–Trinajstić information content (AvgIpc) is 3.03. The molecular weight excluding hydrogens is 524 g/mol. The summed E-state index contributed by atoms with van der Waals surface area (Å²) in [5.74, 6) is 1.47. The van der Waals surface area contributed by atoms with Crippen molar-refractivity contribution >= 4 is 35.0 Å². The van der Waals surface area contributed by atoms with Crippen molar-refractivity contribution in [2.75, 3.05) is 26.2 Å². The Morgan fingerprint density at radius 2 is 1.29 bits per heavy atom. The fourth-order valence-corrected chi connectivity index (χ4v) is 5.94. The molecule has 1 aliphatic rings. The minimum atomic E-state index is -0.111. The highest BCUT2D eigenvalue weighted by Crippen LogP contribution is 2.40. The molecule has 0 saturated heterocycles. The number of ether oxygens (including phenoxy) is 2. The molecule has 208 valence electrons. The Balaban J connectivity index is 1.78. The minimum Gasteiger partial charge on any atom is -0.496 e. The Kier molecular flexibility index (Phi) is 6.97. The van der Waals surface area contributed by atoms with Crippen LogP contribution in [0.1, 0.15) is 5.56 Å². The molecule has 6 nitrogen and oxygen atoms in total. The van der Waals surface area contributed by atoms with E-state index in [9.17, 15) is 9.59 Å². The van der Waals surface area contributed by atoms with Gasteiger partial charge in [-0.05, 0) is 30.4 Å². The number of nitrogens with zero attached hydrogens (tertiary/aromatic N) is 2. The van der Waals surface area contributed by atoms with E-state index in [1.54, 1.807) is 20.3 Å². The highest BCUT2D eigenvalue weighted by molar-refractivity contribution is 5.97. The lowest BCUT2D eigenvalue weighted by Crippen LogP contribution is -2.46. The number of benzene rings is 4. The SMILES string of the molecule is COc1ccccc1-c1cccc2c1N(C)C(=C\C=O)/C=c1/c(=O)c3cccc(-c4ccccc4OC)c3n(C)/c1=C/2. The first-order valence-electron chi connectivity index (χ1n) is 13.6. The Morgan fingerprint density at radius 1 is 0.690 bits per heavy atom. The molecule has 5 aromatic rings. The predicted molar refractivity (Wildman–Crippen MR) is 169 cm³/mol. The van der Waals surface area contributed by atoms with E-state index in [2.05, 4.69) is 4.57 Å². The van der Waals surface area contributed by atoms with Crippen LogP contribution in [0, 0.1) is 0 Å². The van der Waals surface area contributed by atoms with Crippen molar-refractivity contribution in [3.8, 4) is 33.8 Å². The maximum absolute atomic E-state index is 14.2. The van der Waals surface area contributed by atoms with Gasteiger partial charge in [-0.25, -0.2) is 0 Å². The molecule has 0 fully saturated rings. The monoisotopic (exact) mass is 554 g/mol. The lowest BCUT2D eigenvalue weighted by Gasteiger charge is -2.27. The van der Waals surface area contributed by atoms with E-state index in [1.165, 1.54) is 6.08 Å². The summed E-state index contributed by atoms with van der Waals surface area (Å²) >= 11 is 0. The van der Waals surface area contributed by atoms with Crippen LogP contribution in [0.4, 0.5) is 5.69 Å². The molecule has 0 atom stereocenters. The molecule has 1 aliphatic heterocycles. The summed E-state index contributed by atoms with van der Waals surface area (Å²) in [6.07, 6.45) is 6.10. The molecule has 0 saturated carbocycles. The van der Waals surface area contributed by atoms with Gasteiger partial charge in [-0.2, -0.15) is 0 Å². The second kappa shape index (κ2) is 10.9. The zero-order valence-electron chi connectivity index (χ0n) is 23.9. The summed E-state index contributed by atoms with van der Waals surface area (Å²) < 4.78 is 13.5. The fraction of sp³-hybridized carbons (Fsp3) is 0.111. The lowest BCUT2D eigenvalue weighted by atomic mass is 9.96. The number of allylic oxidation sites excluding steroid dienone is 2. The largest absolute Gasteiger partial charge is 0.496 e. The van der Waals surface area contributed by atoms with E-state index in [4.69, 9.17) is 9.47 Å². The summed E-state index contributed by atoms with van der Waals surface area (Å²) in [5.41, 5.74) is 6.74. The number of carbonyl (C=O) groups is 1. The van der Waals surface area contributed by atoms with Gasteiger partial charge >= 0.3 is 0 Å². The number of hydrogen-bond acceptors (Lipinski definition) is 5. The number of anilines is 1. The second-order valence-electron chi connectivity index (χ2n) is 10.1. The topological polar surface area (TPSA) is 60.8 Å². The quantitative estimate of drug-likeness (QED) is 0.225. The molecule has 0 radical (unpaired) electrons. The fourth-order valence-electron chi connectivity index (χ4n) is 5.94. The first-order valence-corrected chi connectivity index (χ1v) is 13.6. The molecule has 6 heteroatoms. The van der Waals surface area contributed by atoms with Gasteiger partial charge < -0.3 is 18.9 Å². The number of fused-ring (bicyclic) bond motifs is 3. The molecule has 4 aromatic carbocycles. The molecule has 0 amide bonds. The van der Waals surface area contributed by atoms with Crippen LogP contribution in [-0.2, 0) is 11.8 Å². The van der Waals surface area contributed by atoms with Crippen LogP contribution in [0.15, 0.2) is 101 Å². The molecule has 0 aliphatic carbocycles. The van der Waals surface area contributed by atoms with E-state index in [0.29, 0.717) is 16.3 Å². The molecule has 0 bridgehead atoms. The van der Waals surface area contributed by atoms with Crippen LogP contribution in [-0.4, -0.2) is 32.1 Å². The highest BCUT2D eigenvalue weighted by Gasteiger charge is 2.21. The molecule has 6 rings (SSSR count). The average molecular weight is 555 g/mol. The third-order valence-electron chi connectivity index (χ3n) is 7.91. The maximum atomic E-state index is 14.2. The number of hydrogen-bond donors (Lipinski definition) is 0. The molecule has 0 N–H and O–H groups in total. The number of methoxy groups -OCH3 is 2. The van der Waals surface area contributed by atoms with Gasteiger partial charge in [-0.3, -0.25) is 9.59 Å². The molecule has 0 unspecified atom stereocenters. The van der Waals surface area contributed by atoms with E-state index < -0.39 is 0 Å². The smallest absolute Gasteiger partial charge is 0.197 e. The molecule has 2 heterocycles. The Bertz CT molecular complexity index is 2090. The van der Waals surface area contributed by atoms with Gasteiger partial charge in [0.25, 0.3) is 0 Å². The number of pyridine rings is 1. The van der Waals surface area contributed by atoms with Crippen LogP contribution >= 0.6 is 0 Å². The molecule has 1 aromatic heterocycles. The summed E-state index contributed by atoms with van der Waals surface area (Å²) in [6, 6.07) is 27.5. The summed E-state index contributed by atoms with van der Waals surface area (Å²) in [6.45, 7) is 0.